The van der Waals surface area contributed by atoms with E-state index in [0.29, 0.717) is 13.0 Å². The number of nitrogens with zero attached hydrogens (tertiary/aromatic N) is 2. The summed E-state index contributed by atoms with van der Waals surface area (Å²) in [5, 5.41) is 19.5. The minimum absolute atomic E-state index is 0.0371. The Morgan fingerprint density at radius 2 is 1.81 bits per heavy atom. The number of likely N-dealkylation sites (tertiary alicyclic amines) is 1. The van der Waals surface area contributed by atoms with E-state index in [4.69, 9.17) is 0 Å². The highest BCUT2D eigenvalue weighted by Gasteiger charge is 2.40. The van der Waals surface area contributed by atoms with E-state index < -0.39 is 18.1 Å². The fourth-order valence-corrected chi connectivity index (χ4v) is 3.67. The van der Waals surface area contributed by atoms with E-state index in [2.05, 4.69) is 0 Å². The van der Waals surface area contributed by atoms with Crippen molar-refractivity contribution in [1.29, 1.82) is 0 Å². The summed E-state index contributed by atoms with van der Waals surface area (Å²) in [6.45, 7) is 2.36. The minimum Gasteiger partial charge on any atom is -0.480 e. The maximum atomic E-state index is 12.7. The van der Waals surface area contributed by atoms with Gasteiger partial charge in [0.05, 0.1) is 12.1 Å². The highest BCUT2D eigenvalue weighted by molar-refractivity contribution is 5.83. The van der Waals surface area contributed by atoms with E-state index >= 15 is 0 Å². The van der Waals surface area contributed by atoms with Gasteiger partial charge in [-0.1, -0.05) is 19.8 Å². The van der Waals surface area contributed by atoms with Gasteiger partial charge in [0.2, 0.25) is 0 Å². The van der Waals surface area contributed by atoms with Gasteiger partial charge in [0.15, 0.2) is 0 Å². The van der Waals surface area contributed by atoms with Gasteiger partial charge in [-0.15, -0.1) is 0 Å². The summed E-state index contributed by atoms with van der Waals surface area (Å²) in [5.41, 5.74) is 0. The minimum atomic E-state index is -0.937. The average molecular weight is 298 g/mol. The van der Waals surface area contributed by atoms with Gasteiger partial charge in [-0.05, 0) is 31.6 Å². The normalized spacial score (nSPS) is 33.6. The molecule has 1 aliphatic heterocycles. The average Bonchev–Trinajstić information content (AvgIpc) is 2.45. The lowest BCUT2D eigenvalue weighted by atomic mass is 9.90. The molecule has 4 atom stereocenters. The number of hydrogen-bond acceptors (Lipinski definition) is 3. The third-order valence-corrected chi connectivity index (χ3v) is 4.93. The van der Waals surface area contributed by atoms with E-state index in [0.717, 1.165) is 32.1 Å². The Balaban J connectivity index is 2.11. The van der Waals surface area contributed by atoms with Gasteiger partial charge in [-0.25, -0.2) is 9.59 Å². The molecule has 0 aromatic carbocycles. The van der Waals surface area contributed by atoms with Crippen molar-refractivity contribution in [3.8, 4) is 0 Å². The molecule has 1 saturated heterocycles. The zero-order valence-electron chi connectivity index (χ0n) is 12.9. The molecule has 2 fully saturated rings. The van der Waals surface area contributed by atoms with Crippen LogP contribution in [-0.2, 0) is 4.79 Å². The molecule has 0 bridgehead atoms. The summed E-state index contributed by atoms with van der Waals surface area (Å²) < 4.78 is 0. The number of aliphatic carboxylic acids is 1. The molecule has 2 rings (SSSR count). The van der Waals surface area contributed by atoms with E-state index in [1.165, 1.54) is 4.90 Å². The number of likely N-dealkylation sites (N-methyl/N-ethyl adjacent to an activating group) is 1. The van der Waals surface area contributed by atoms with Gasteiger partial charge < -0.3 is 20.0 Å². The number of carboxylic acid groups (broad SMARTS) is 1. The molecule has 2 aliphatic rings. The molecule has 6 nitrogen and oxygen atoms in total. The molecule has 0 radical (unpaired) electrons. The second kappa shape index (κ2) is 6.64. The van der Waals surface area contributed by atoms with Crippen LogP contribution in [0.2, 0.25) is 0 Å². The predicted molar refractivity (Wildman–Crippen MR) is 77.9 cm³/mol. The van der Waals surface area contributed by atoms with E-state index in [1.54, 1.807) is 11.9 Å². The van der Waals surface area contributed by atoms with Crippen LogP contribution in [0.25, 0.3) is 0 Å². The molecule has 0 aromatic rings. The lowest BCUT2D eigenvalue weighted by Gasteiger charge is -2.42. The predicted octanol–water partition coefficient (Wildman–Crippen LogP) is 1.53. The summed E-state index contributed by atoms with van der Waals surface area (Å²) in [7, 11) is 1.68. The number of aliphatic hydroxyl groups is 1. The maximum absolute atomic E-state index is 12.7. The maximum Gasteiger partial charge on any atom is 0.326 e. The Morgan fingerprint density at radius 1 is 1.14 bits per heavy atom. The molecule has 120 valence electrons. The van der Waals surface area contributed by atoms with Crippen molar-refractivity contribution in [2.24, 2.45) is 5.92 Å². The number of piperidine rings is 1. The Kier molecular flexibility index (Phi) is 5.08. The topological polar surface area (TPSA) is 81.1 Å². The fourth-order valence-electron chi connectivity index (χ4n) is 3.67. The number of urea groups is 1. The van der Waals surface area contributed by atoms with Gasteiger partial charge in [-0.2, -0.15) is 0 Å². The van der Waals surface area contributed by atoms with Gasteiger partial charge >= 0.3 is 12.0 Å². The Hall–Kier alpha value is -1.30. The van der Waals surface area contributed by atoms with Crippen molar-refractivity contribution in [3.05, 3.63) is 0 Å². The second-order valence-electron chi connectivity index (χ2n) is 6.41. The Morgan fingerprint density at radius 3 is 2.43 bits per heavy atom. The molecule has 1 saturated carbocycles. The lowest BCUT2D eigenvalue weighted by Crippen LogP contribution is -2.58. The number of hydrogen-bond donors (Lipinski definition) is 2. The summed E-state index contributed by atoms with van der Waals surface area (Å²) in [6, 6.07) is -1.22. The van der Waals surface area contributed by atoms with Crippen LogP contribution in [0.15, 0.2) is 0 Å². The van der Waals surface area contributed by atoms with Crippen LogP contribution in [0, 0.1) is 5.92 Å². The molecule has 0 spiro atoms. The SMILES string of the molecule is CC1CCCN(C(=O)N(C)C2CCCCC2O)C1C(=O)O. The van der Waals surface area contributed by atoms with Crippen LogP contribution in [0.3, 0.4) is 0 Å². The highest BCUT2D eigenvalue weighted by Crippen LogP contribution is 2.27. The monoisotopic (exact) mass is 298 g/mol. The van der Waals surface area contributed by atoms with Crippen LogP contribution in [-0.4, -0.2) is 63.8 Å². The Bertz CT molecular complexity index is 401. The van der Waals surface area contributed by atoms with E-state index in [9.17, 15) is 19.8 Å². The standard InChI is InChI=1S/C15H26N2O4/c1-10-6-5-9-17(13(10)14(19)20)15(21)16(2)11-7-3-4-8-12(11)18/h10-13,18H,3-9H2,1-2H3,(H,19,20). The molecule has 0 aromatic heterocycles. The molecule has 6 heteroatoms. The zero-order chi connectivity index (χ0) is 15.6. The van der Waals surface area contributed by atoms with Crippen LogP contribution in [0.5, 0.6) is 0 Å². The summed E-state index contributed by atoms with van der Waals surface area (Å²) in [4.78, 5) is 27.2. The number of carbonyl (C=O) groups excluding carboxylic acids is 1. The first-order valence-corrected chi connectivity index (χ1v) is 7.87. The quantitative estimate of drug-likeness (QED) is 0.810. The van der Waals surface area contributed by atoms with Crippen molar-refractivity contribution in [2.75, 3.05) is 13.6 Å². The van der Waals surface area contributed by atoms with Crippen molar-refractivity contribution in [2.45, 2.75) is 63.6 Å². The van der Waals surface area contributed by atoms with Crippen molar-refractivity contribution in [3.63, 3.8) is 0 Å². The fraction of sp³-hybridized carbons (Fsp3) is 0.867. The molecular weight excluding hydrogens is 272 g/mol. The molecule has 4 unspecified atom stereocenters. The highest BCUT2D eigenvalue weighted by atomic mass is 16.4. The van der Waals surface area contributed by atoms with Gasteiger partial charge in [-0.3, -0.25) is 0 Å². The summed E-state index contributed by atoms with van der Waals surface area (Å²) >= 11 is 0. The number of amides is 2. The summed E-state index contributed by atoms with van der Waals surface area (Å²) in [6.07, 6.45) is 4.63. The van der Waals surface area contributed by atoms with Crippen molar-refractivity contribution >= 4 is 12.0 Å². The van der Waals surface area contributed by atoms with Crippen LogP contribution in [0.1, 0.15) is 45.4 Å². The third-order valence-electron chi connectivity index (χ3n) is 4.93. The van der Waals surface area contributed by atoms with Crippen LogP contribution >= 0.6 is 0 Å². The molecular formula is C15H26N2O4. The first-order valence-electron chi connectivity index (χ1n) is 7.87. The van der Waals surface area contributed by atoms with Crippen molar-refractivity contribution in [1.82, 2.24) is 9.80 Å². The van der Waals surface area contributed by atoms with E-state index in [-0.39, 0.29) is 18.0 Å². The smallest absolute Gasteiger partial charge is 0.326 e. The molecule has 21 heavy (non-hydrogen) atoms. The largest absolute Gasteiger partial charge is 0.480 e. The number of aliphatic hydroxyl groups excluding tert-OH is 1. The van der Waals surface area contributed by atoms with E-state index in [1.807, 2.05) is 6.92 Å². The molecule has 1 heterocycles. The van der Waals surface area contributed by atoms with Gasteiger partial charge in [0.25, 0.3) is 0 Å². The number of rotatable bonds is 2. The number of carboxylic acids is 1. The van der Waals surface area contributed by atoms with Crippen LogP contribution in [0.4, 0.5) is 4.79 Å². The molecule has 2 N–H and O–H groups in total. The van der Waals surface area contributed by atoms with Crippen molar-refractivity contribution < 1.29 is 19.8 Å². The molecule has 1 aliphatic carbocycles. The second-order valence-corrected chi connectivity index (χ2v) is 6.41. The lowest BCUT2D eigenvalue weighted by molar-refractivity contribution is -0.145. The zero-order valence-corrected chi connectivity index (χ0v) is 12.9. The van der Waals surface area contributed by atoms with Crippen LogP contribution < -0.4 is 0 Å². The third kappa shape index (κ3) is 3.31. The molecule has 2 amide bonds. The first kappa shape index (κ1) is 16.1. The van der Waals surface area contributed by atoms with Gasteiger partial charge in [0.1, 0.15) is 6.04 Å². The summed E-state index contributed by atoms with van der Waals surface area (Å²) in [5.74, 6) is -0.974. The van der Waals surface area contributed by atoms with Gasteiger partial charge in [0, 0.05) is 13.6 Å². The number of carbonyl (C=O) groups is 2. The Labute approximate surface area is 125 Å². The first-order chi connectivity index (χ1) is 9.93.